The number of ether oxygens (including phenoxy) is 5. The van der Waals surface area contributed by atoms with Crippen LogP contribution in [-0.4, -0.2) is 37.3 Å². The summed E-state index contributed by atoms with van der Waals surface area (Å²) in [6.07, 6.45) is -3.28. The highest BCUT2D eigenvalue weighted by Crippen LogP contribution is 2.54. The first-order valence-electron chi connectivity index (χ1n) is 25.6. The molecule has 2 aliphatic rings. The third kappa shape index (κ3) is 13.6. The Kier molecular flexibility index (Phi) is 16.8. The summed E-state index contributed by atoms with van der Waals surface area (Å²) in [5, 5.41) is 0. The summed E-state index contributed by atoms with van der Waals surface area (Å²) in [4.78, 5) is 0. The third-order valence-electron chi connectivity index (χ3n) is 13.4. The van der Waals surface area contributed by atoms with Gasteiger partial charge < -0.3 is 32.7 Å². The topological polar surface area (TPSA) is 73.8 Å². The van der Waals surface area contributed by atoms with Crippen molar-refractivity contribution < 1.29 is 37.3 Å². The maximum absolute atomic E-state index is 7.38. The van der Waals surface area contributed by atoms with Crippen molar-refractivity contribution in [2.45, 2.75) is 168 Å². The first kappa shape index (κ1) is 53.4. The van der Waals surface area contributed by atoms with Crippen LogP contribution in [0.3, 0.4) is 0 Å². The Hall–Kier alpha value is -4.89. The fourth-order valence-electron chi connectivity index (χ4n) is 9.17. The van der Waals surface area contributed by atoms with E-state index in [0.717, 1.165) is 56.0 Å². The summed E-state index contributed by atoms with van der Waals surface area (Å²) in [5.74, 6) is 1.54. The Balaban J connectivity index is 1.27. The SMILES string of the molecule is CC(C)(C)c1cc2c(c(C(C)(C)C)c1)OP(OC1O[C@H](COCc3ccccc3)[C@@H](OCc3ccccc3)[C@H](OCc3ccccc3)[C@H]1OCc1ccccc1)Oc1c(cc(C(C)(C)C)cc1C(C)(C)C)C2. The molecule has 72 heavy (non-hydrogen) atoms. The highest BCUT2D eigenvalue weighted by Gasteiger charge is 2.51. The zero-order chi connectivity index (χ0) is 51.3. The van der Waals surface area contributed by atoms with Crippen molar-refractivity contribution in [1.29, 1.82) is 0 Å². The average Bonchev–Trinajstić information content (AvgIpc) is 3.32. The van der Waals surface area contributed by atoms with Crippen molar-refractivity contribution in [3.8, 4) is 11.5 Å². The summed E-state index contributed by atoms with van der Waals surface area (Å²) >= 11 is 0. The minimum absolute atomic E-state index is 0.119. The highest BCUT2D eigenvalue weighted by molar-refractivity contribution is 7.42. The highest BCUT2D eigenvalue weighted by atomic mass is 31.2. The molecule has 2 heterocycles. The Morgan fingerprint density at radius 1 is 0.444 bits per heavy atom. The standard InChI is InChI=1S/C63H77O8P/c1-60(2,3)49-34-47-33-48-35-50(61(4,5)6)37-52(63(10,11)12)55(48)70-72(69-54(47)51(36-49)62(7,8)9)71-59-58(67-41-46-31-23-16-24-32-46)57(66-40-45-29-21-15-22-30-45)56(65-39-44-27-19-14-20-28-44)53(68-59)42-64-38-43-25-17-13-18-26-43/h13-32,34-37,53,56-59H,33,38-42H2,1-12H3/t53-,56-,57+,58-,59?/m1/s1. The number of benzene rings is 6. The van der Waals surface area contributed by atoms with Crippen LogP contribution in [0.1, 0.15) is 139 Å². The summed E-state index contributed by atoms with van der Waals surface area (Å²) in [7, 11) is -2.25. The molecule has 0 bridgehead atoms. The second-order valence-corrected chi connectivity index (χ2v) is 24.6. The second kappa shape index (κ2) is 22.7. The molecule has 382 valence electrons. The van der Waals surface area contributed by atoms with E-state index >= 15 is 0 Å². The lowest BCUT2D eigenvalue weighted by atomic mass is 9.76. The Morgan fingerprint density at radius 2 is 0.819 bits per heavy atom. The Morgan fingerprint density at radius 3 is 1.21 bits per heavy atom. The molecular formula is C63H77O8P. The van der Waals surface area contributed by atoms with Crippen LogP contribution < -0.4 is 9.05 Å². The minimum Gasteiger partial charge on any atom is -0.417 e. The molecule has 2 aliphatic heterocycles. The molecule has 0 radical (unpaired) electrons. The summed E-state index contributed by atoms with van der Waals surface area (Å²) in [5.41, 5.74) is 10.1. The van der Waals surface area contributed by atoms with Gasteiger partial charge in [-0.2, -0.15) is 0 Å². The van der Waals surface area contributed by atoms with Crippen molar-refractivity contribution in [2.75, 3.05) is 6.61 Å². The first-order chi connectivity index (χ1) is 34.2. The molecule has 0 saturated carbocycles. The van der Waals surface area contributed by atoms with E-state index in [1.807, 2.05) is 72.8 Å². The van der Waals surface area contributed by atoms with Gasteiger partial charge in [0.25, 0.3) is 0 Å². The van der Waals surface area contributed by atoms with E-state index in [9.17, 15) is 0 Å². The van der Waals surface area contributed by atoms with Gasteiger partial charge in [-0.3, -0.25) is 4.52 Å². The van der Waals surface area contributed by atoms with Crippen molar-refractivity contribution in [3.63, 3.8) is 0 Å². The molecule has 8 nitrogen and oxygen atoms in total. The van der Waals surface area contributed by atoms with E-state index in [2.05, 4.69) is 156 Å². The van der Waals surface area contributed by atoms with Crippen molar-refractivity contribution in [1.82, 2.24) is 0 Å². The van der Waals surface area contributed by atoms with Crippen LogP contribution in [-0.2, 0) is 82.7 Å². The molecule has 6 aromatic rings. The molecule has 0 N–H and O–H groups in total. The smallest absolute Gasteiger partial charge is 0.417 e. The van der Waals surface area contributed by atoms with Crippen LogP contribution in [0, 0.1) is 0 Å². The number of rotatable bonds is 15. The fraction of sp³-hybridized carbons (Fsp3) is 0.429. The first-order valence-corrected chi connectivity index (χ1v) is 26.7. The van der Waals surface area contributed by atoms with E-state index in [4.69, 9.17) is 37.3 Å². The molecule has 1 fully saturated rings. The van der Waals surface area contributed by atoms with Gasteiger partial charge in [-0.15, -0.1) is 0 Å². The van der Waals surface area contributed by atoms with E-state index < -0.39 is 39.3 Å². The van der Waals surface area contributed by atoms with Gasteiger partial charge in [0.05, 0.1) is 33.0 Å². The lowest BCUT2D eigenvalue weighted by molar-refractivity contribution is -0.310. The molecule has 1 unspecified atom stereocenters. The van der Waals surface area contributed by atoms with Gasteiger partial charge in [-0.25, -0.2) is 0 Å². The van der Waals surface area contributed by atoms with Crippen LogP contribution in [0.2, 0.25) is 0 Å². The largest absolute Gasteiger partial charge is 0.465 e. The molecule has 8 rings (SSSR count). The summed E-state index contributed by atoms with van der Waals surface area (Å²) in [6.45, 7) is 28.5. The van der Waals surface area contributed by atoms with Gasteiger partial charge in [0.1, 0.15) is 35.9 Å². The molecule has 0 aliphatic carbocycles. The van der Waals surface area contributed by atoms with E-state index in [0.29, 0.717) is 26.2 Å². The van der Waals surface area contributed by atoms with Crippen LogP contribution in [0.4, 0.5) is 0 Å². The van der Waals surface area contributed by atoms with Crippen molar-refractivity contribution >= 4 is 8.60 Å². The molecular weight excluding hydrogens is 916 g/mol. The number of hydrogen-bond donors (Lipinski definition) is 0. The Labute approximate surface area is 431 Å². The predicted octanol–water partition coefficient (Wildman–Crippen LogP) is 15.2. The Bertz CT molecular complexity index is 2580. The van der Waals surface area contributed by atoms with E-state index in [-0.39, 0.29) is 34.9 Å². The zero-order valence-electron chi connectivity index (χ0n) is 44.7. The van der Waals surface area contributed by atoms with Gasteiger partial charge in [0.2, 0.25) is 0 Å². The van der Waals surface area contributed by atoms with E-state index in [1.165, 1.54) is 11.1 Å². The van der Waals surface area contributed by atoms with Crippen molar-refractivity contribution in [3.05, 3.63) is 201 Å². The second-order valence-electron chi connectivity index (χ2n) is 23.5. The maximum atomic E-state index is 7.38. The fourth-order valence-corrected chi connectivity index (χ4v) is 10.4. The van der Waals surface area contributed by atoms with Gasteiger partial charge in [-0.1, -0.05) is 229 Å². The van der Waals surface area contributed by atoms with Gasteiger partial charge in [0, 0.05) is 17.5 Å². The normalized spacial score (nSPS) is 19.9. The average molecular weight is 993 g/mol. The zero-order valence-corrected chi connectivity index (χ0v) is 45.6. The lowest BCUT2D eigenvalue weighted by Gasteiger charge is -2.46. The van der Waals surface area contributed by atoms with Crippen molar-refractivity contribution in [2.24, 2.45) is 0 Å². The molecule has 6 aromatic carbocycles. The molecule has 0 spiro atoms. The predicted molar refractivity (Wildman–Crippen MR) is 290 cm³/mol. The molecule has 0 amide bonds. The lowest BCUT2D eigenvalue weighted by Crippen LogP contribution is -2.61. The minimum atomic E-state index is -2.25. The van der Waals surface area contributed by atoms with Gasteiger partial charge in [-0.05, 0) is 66.2 Å². The molecule has 9 heteroatoms. The molecule has 1 saturated heterocycles. The number of fused-ring (bicyclic) bond motifs is 2. The maximum Gasteiger partial charge on any atom is 0.465 e. The monoisotopic (exact) mass is 993 g/mol. The van der Waals surface area contributed by atoms with Crippen LogP contribution in [0.25, 0.3) is 0 Å². The molecule has 5 atom stereocenters. The van der Waals surface area contributed by atoms with Crippen LogP contribution in [0.15, 0.2) is 146 Å². The van der Waals surface area contributed by atoms with Crippen LogP contribution in [0.5, 0.6) is 11.5 Å². The number of hydrogen-bond acceptors (Lipinski definition) is 8. The van der Waals surface area contributed by atoms with E-state index in [1.54, 1.807) is 0 Å². The van der Waals surface area contributed by atoms with Crippen LogP contribution >= 0.6 is 8.60 Å². The third-order valence-corrected chi connectivity index (χ3v) is 14.5. The van der Waals surface area contributed by atoms with Gasteiger partial charge in [0.15, 0.2) is 6.29 Å². The molecule has 0 aromatic heterocycles. The summed E-state index contributed by atoms with van der Waals surface area (Å²) in [6, 6.07) is 50.0. The van der Waals surface area contributed by atoms with Gasteiger partial charge >= 0.3 is 8.60 Å². The quantitative estimate of drug-likeness (QED) is 0.0942. The summed E-state index contributed by atoms with van der Waals surface area (Å²) < 4.78 is 57.1.